The average molecular weight is 257 g/mol. The maximum atomic E-state index is 9.21. The summed E-state index contributed by atoms with van der Waals surface area (Å²) in [4.78, 5) is 4.70. The lowest BCUT2D eigenvalue weighted by atomic mass is 10.1. The van der Waals surface area contributed by atoms with E-state index in [1.807, 2.05) is 0 Å². The van der Waals surface area contributed by atoms with Crippen LogP contribution in [0.25, 0.3) is 5.65 Å². The van der Waals surface area contributed by atoms with Gasteiger partial charge in [0.1, 0.15) is 5.65 Å². The van der Waals surface area contributed by atoms with Crippen molar-refractivity contribution in [3.8, 4) is 0 Å². The van der Waals surface area contributed by atoms with Gasteiger partial charge in [0.05, 0.1) is 11.7 Å². The first-order valence-electron chi connectivity index (χ1n) is 7.16. The molecule has 2 aromatic heterocycles. The third-order valence-electron chi connectivity index (χ3n) is 4.38. The molecule has 3 heterocycles. The van der Waals surface area contributed by atoms with Crippen molar-refractivity contribution in [3.05, 3.63) is 35.8 Å². The standard InChI is InChI=1S/C15H19N3O/c19-9-10-5-13(16-6-10)14-8-18-7-12(11-1-2-11)3-4-15(18)17-14/h3-4,7-8,10-11,13,16,19H,1-2,5-6,9H2/t10-,13+/m0/s1. The average Bonchev–Trinajstić information content (AvgIpc) is 3.03. The minimum atomic E-state index is 0.267. The van der Waals surface area contributed by atoms with Crippen LogP contribution in [0.5, 0.6) is 0 Å². The molecule has 4 nitrogen and oxygen atoms in total. The van der Waals surface area contributed by atoms with Gasteiger partial charge in [0, 0.05) is 25.5 Å². The number of aliphatic hydroxyl groups excluding tert-OH is 1. The van der Waals surface area contributed by atoms with E-state index in [4.69, 9.17) is 4.98 Å². The van der Waals surface area contributed by atoms with Gasteiger partial charge < -0.3 is 14.8 Å². The van der Waals surface area contributed by atoms with Crippen LogP contribution in [0.3, 0.4) is 0 Å². The van der Waals surface area contributed by atoms with E-state index < -0.39 is 0 Å². The fourth-order valence-electron chi connectivity index (χ4n) is 3.03. The van der Waals surface area contributed by atoms with E-state index in [1.165, 1.54) is 18.4 Å². The van der Waals surface area contributed by atoms with E-state index in [1.54, 1.807) is 0 Å². The van der Waals surface area contributed by atoms with Crippen molar-refractivity contribution in [2.75, 3.05) is 13.2 Å². The highest BCUT2D eigenvalue weighted by Gasteiger charge is 2.27. The van der Waals surface area contributed by atoms with Gasteiger partial charge >= 0.3 is 0 Å². The molecular weight excluding hydrogens is 238 g/mol. The number of fused-ring (bicyclic) bond motifs is 1. The van der Waals surface area contributed by atoms with Crippen molar-refractivity contribution in [1.29, 1.82) is 0 Å². The molecule has 2 aromatic rings. The van der Waals surface area contributed by atoms with Crippen LogP contribution in [0.1, 0.15) is 42.5 Å². The summed E-state index contributed by atoms with van der Waals surface area (Å²) in [6.07, 6.45) is 8.00. The summed E-state index contributed by atoms with van der Waals surface area (Å²) in [5, 5.41) is 12.7. The number of nitrogens with one attached hydrogen (secondary N) is 1. The molecule has 0 bridgehead atoms. The Morgan fingerprint density at radius 3 is 2.95 bits per heavy atom. The SMILES string of the molecule is OC[C@@H]1CN[C@@H](c2cn3cc(C4CC4)ccc3n2)C1. The summed E-state index contributed by atoms with van der Waals surface area (Å²) < 4.78 is 2.15. The number of hydrogen-bond donors (Lipinski definition) is 2. The maximum absolute atomic E-state index is 9.21. The molecule has 1 saturated heterocycles. The Labute approximate surface area is 112 Å². The van der Waals surface area contributed by atoms with Gasteiger partial charge in [0.15, 0.2) is 0 Å². The number of rotatable bonds is 3. The Balaban J connectivity index is 1.64. The lowest BCUT2D eigenvalue weighted by molar-refractivity contribution is 0.235. The van der Waals surface area contributed by atoms with Crippen LogP contribution in [-0.4, -0.2) is 27.6 Å². The zero-order chi connectivity index (χ0) is 12.8. The first kappa shape index (κ1) is 11.4. The van der Waals surface area contributed by atoms with Crippen LogP contribution in [-0.2, 0) is 0 Å². The second kappa shape index (κ2) is 4.32. The molecule has 1 aliphatic carbocycles. The zero-order valence-electron chi connectivity index (χ0n) is 10.9. The summed E-state index contributed by atoms with van der Waals surface area (Å²) in [7, 11) is 0. The molecule has 100 valence electrons. The minimum Gasteiger partial charge on any atom is -0.396 e. The highest BCUT2D eigenvalue weighted by molar-refractivity contribution is 5.43. The zero-order valence-corrected chi connectivity index (χ0v) is 10.9. The van der Waals surface area contributed by atoms with Crippen molar-refractivity contribution in [3.63, 3.8) is 0 Å². The molecular formula is C15H19N3O. The van der Waals surface area contributed by atoms with Crippen molar-refractivity contribution in [2.24, 2.45) is 5.92 Å². The van der Waals surface area contributed by atoms with Gasteiger partial charge in [-0.25, -0.2) is 4.98 Å². The Hall–Kier alpha value is -1.39. The molecule has 2 atom stereocenters. The van der Waals surface area contributed by atoms with E-state index in [2.05, 4.69) is 34.2 Å². The van der Waals surface area contributed by atoms with Gasteiger partial charge in [0.2, 0.25) is 0 Å². The number of aromatic nitrogens is 2. The number of hydrogen-bond acceptors (Lipinski definition) is 3. The molecule has 2 aliphatic rings. The minimum absolute atomic E-state index is 0.267. The lowest BCUT2D eigenvalue weighted by Crippen LogP contribution is -2.14. The molecule has 0 amide bonds. The van der Waals surface area contributed by atoms with Gasteiger partial charge in [-0.05, 0) is 42.7 Å². The fourth-order valence-corrected chi connectivity index (χ4v) is 3.03. The largest absolute Gasteiger partial charge is 0.396 e. The summed E-state index contributed by atoms with van der Waals surface area (Å²) in [5.74, 6) is 1.15. The summed E-state index contributed by atoms with van der Waals surface area (Å²) >= 11 is 0. The van der Waals surface area contributed by atoms with Crippen molar-refractivity contribution in [2.45, 2.75) is 31.2 Å². The normalized spacial score (nSPS) is 27.2. The third-order valence-corrected chi connectivity index (χ3v) is 4.38. The number of aliphatic hydroxyl groups is 1. The van der Waals surface area contributed by atoms with Crippen LogP contribution in [0.2, 0.25) is 0 Å². The van der Waals surface area contributed by atoms with E-state index in [-0.39, 0.29) is 6.61 Å². The van der Waals surface area contributed by atoms with Gasteiger partial charge in [-0.2, -0.15) is 0 Å². The Morgan fingerprint density at radius 2 is 2.21 bits per heavy atom. The van der Waals surface area contributed by atoms with E-state index >= 15 is 0 Å². The van der Waals surface area contributed by atoms with E-state index in [0.29, 0.717) is 12.0 Å². The van der Waals surface area contributed by atoms with Gasteiger partial charge in [-0.1, -0.05) is 6.07 Å². The van der Waals surface area contributed by atoms with Crippen LogP contribution < -0.4 is 5.32 Å². The second-order valence-electron chi connectivity index (χ2n) is 5.91. The van der Waals surface area contributed by atoms with Gasteiger partial charge in [-0.15, -0.1) is 0 Å². The molecule has 2 N–H and O–H groups in total. The van der Waals surface area contributed by atoms with Crippen molar-refractivity contribution >= 4 is 5.65 Å². The Kier molecular flexibility index (Phi) is 2.60. The molecule has 4 rings (SSSR count). The molecule has 2 fully saturated rings. The first-order valence-corrected chi connectivity index (χ1v) is 7.16. The van der Waals surface area contributed by atoms with Crippen molar-refractivity contribution < 1.29 is 5.11 Å². The van der Waals surface area contributed by atoms with Crippen molar-refractivity contribution in [1.82, 2.24) is 14.7 Å². The van der Waals surface area contributed by atoms with E-state index in [0.717, 1.165) is 30.2 Å². The second-order valence-corrected chi connectivity index (χ2v) is 5.91. The highest BCUT2D eigenvalue weighted by Crippen LogP contribution is 2.40. The quantitative estimate of drug-likeness (QED) is 0.882. The first-order chi connectivity index (χ1) is 9.33. The van der Waals surface area contributed by atoms with Crippen LogP contribution in [0, 0.1) is 5.92 Å². The lowest BCUT2D eigenvalue weighted by Gasteiger charge is -2.05. The molecule has 19 heavy (non-hydrogen) atoms. The summed E-state index contributed by atoms with van der Waals surface area (Å²) in [5.41, 5.74) is 3.56. The third kappa shape index (κ3) is 2.05. The topological polar surface area (TPSA) is 49.6 Å². The number of imidazole rings is 1. The monoisotopic (exact) mass is 257 g/mol. The van der Waals surface area contributed by atoms with E-state index in [9.17, 15) is 5.11 Å². The van der Waals surface area contributed by atoms with Crippen LogP contribution in [0.4, 0.5) is 0 Å². The molecule has 0 spiro atoms. The molecule has 0 radical (unpaired) electrons. The van der Waals surface area contributed by atoms with Crippen LogP contribution >= 0.6 is 0 Å². The molecule has 4 heteroatoms. The fraction of sp³-hybridized carbons (Fsp3) is 0.533. The Morgan fingerprint density at radius 1 is 1.32 bits per heavy atom. The predicted octanol–water partition coefficient (Wildman–Crippen LogP) is 1.85. The molecule has 0 aromatic carbocycles. The smallest absolute Gasteiger partial charge is 0.137 e. The van der Waals surface area contributed by atoms with Gasteiger partial charge in [-0.3, -0.25) is 0 Å². The van der Waals surface area contributed by atoms with Crippen LogP contribution in [0.15, 0.2) is 24.5 Å². The highest BCUT2D eigenvalue weighted by atomic mass is 16.3. The molecule has 1 saturated carbocycles. The van der Waals surface area contributed by atoms with Gasteiger partial charge in [0.25, 0.3) is 0 Å². The Bertz CT molecular complexity index is 602. The molecule has 0 unspecified atom stereocenters. The number of nitrogens with zero attached hydrogens (tertiary/aromatic N) is 2. The molecule has 1 aliphatic heterocycles. The maximum Gasteiger partial charge on any atom is 0.137 e. The number of pyridine rings is 1. The summed E-state index contributed by atoms with van der Waals surface area (Å²) in [6.45, 7) is 1.16. The predicted molar refractivity (Wildman–Crippen MR) is 73.1 cm³/mol. The summed E-state index contributed by atoms with van der Waals surface area (Å²) in [6, 6.07) is 4.62.